The Kier molecular flexibility index (Phi) is 4.63. The number of nitrogens with one attached hydrogen (secondary N) is 1. The SMILES string of the molecule is O=C(C1CCCC1)N1CCC(Nc2ccc3cc(Br)c(F)cc3n2)C1. The van der Waals surface area contributed by atoms with E-state index in [-0.39, 0.29) is 17.8 Å². The molecule has 4 nitrogen and oxygen atoms in total. The van der Waals surface area contributed by atoms with Crippen LogP contribution < -0.4 is 5.32 Å². The van der Waals surface area contributed by atoms with E-state index >= 15 is 0 Å². The topological polar surface area (TPSA) is 45.2 Å². The average Bonchev–Trinajstić information content (AvgIpc) is 3.27. The van der Waals surface area contributed by atoms with Crippen molar-refractivity contribution in [1.82, 2.24) is 9.88 Å². The molecule has 1 aliphatic carbocycles. The first-order valence-corrected chi connectivity index (χ1v) is 9.70. The second kappa shape index (κ2) is 6.90. The second-order valence-electron chi connectivity index (χ2n) is 7.05. The highest BCUT2D eigenvalue weighted by Crippen LogP contribution is 2.28. The molecule has 0 spiro atoms. The number of anilines is 1. The molecule has 1 aromatic carbocycles. The van der Waals surface area contributed by atoms with Gasteiger partial charge in [0.25, 0.3) is 0 Å². The summed E-state index contributed by atoms with van der Waals surface area (Å²) >= 11 is 3.20. The zero-order chi connectivity index (χ0) is 17.4. The molecule has 1 N–H and O–H groups in total. The quantitative estimate of drug-likeness (QED) is 0.825. The van der Waals surface area contributed by atoms with Crippen LogP contribution >= 0.6 is 15.9 Å². The number of halogens is 2. The van der Waals surface area contributed by atoms with Gasteiger partial charge in [-0.05, 0) is 53.4 Å². The monoisotopic (exact) mass is 405 g/mol. The molecule has 1 aromatic heterocycles. The number of amides is 1. The number of pyridine rings is 1. The van der Waals surface area contributed by atoms with E-state index in [0.717, 1.165) is 43.6 Å². The summed E-state index contributed by atoms with van der Waals surface area (Å²) < 4.78 is 14.2. The summed E-state index contributed by atoms with van der Waals surface area (Å²) in [7, 11) is 0. The zero-order valence-corrected chi connectivity index (χ0v) is 15.6. The molecular formula is C19H21BrFN3O. The van der Waals surface area contributed by atoms with Crippen LogP contribution in [0.15, 0.2) is 28.7 Å². The molecule has 2 aromatic rings. The third-order valence-electron chi connectivity index (χ3n) is 5.29. The lowest BCUT2D eigenvalue weighted by Gasteiger charge is -2.21. The molecule has 132 valence electrons. The highest BCUT2D eigenvalue weighted by molar-refractivity contribution is 9.10. The van der Waals surface area contributed by atoms with Gasteiger partial charge in [0.05, 0.1) is 9.99 Å². The van der Waals surface area contributed by atoms with Crippen LogP contribution in [0, 0.1) is 11.7 Å². The molecule has 6 heteroatoms. The van der Waals surface area contributed by atoms with Gasteiger partial charge in [-0.3, -0.25) is 4.79 Å². The molecular weight excluding hydrogens is 385 g/mol. The van der Waals surface area contributed by atoms with E-state index in [1.807, 2.05) is 17.0 Å². The van der Waals surface area contributed by atoms with Gasteiger partial charge in [-0.25, -0.2) is 9.37 Å². The summed E-state index contributed by atoms with van der Waals surface area (Å²) in [6.07, 6.45) is 5.37. The second-order valence-corrected chi connectivity index (χ2v) is 7.91. The van der Waals surface area contributed by atoms with Crippen molar-refractivity contribution in [3.63, 3.8) is 0 Å². The van der Waals surface area contributed by atoms with Crippen LogP contribution in [0.3, 0.4) is 0 Å². The Balaban J connectivity index is 1.43. The molecule has 2 fully saturated rings. The van der Waals surface area contributed by atoms with E-state index in [9.17, 15) is 9.18 Å². The molecule has 0 radical (unpaired) electrons. The van der Waals surface area contributed by atoms with E-state index in [0.29, 0.717) is 15.9 Å². The van der Waals surface area contributed by atoms with Gasteiger partial charge in [-0.15, -0.1) is 0 Å². The van der Waals surface area contributed by atoms with Crippen LogP contribution in [-0.4, -0.2) is 34.9 Å². The number of hydrogen-bond donors (Lipinski definition) is 1. The molecule has 4 rings (SSSR count). The van der Waals surface area contributed by atoms with E-state index < -0.39 is 0 Å². The maximum atomic E-state index is 13.7. The number of hydrogen-bond acceptors (Lipinski definition) is 3. The van der Waals surface area contributed by atoms with Crippen molar-refractivity contribution < 1.29 is 9.18 Å². The highest BCUT2D eigenvalue weighted by Gasteiger charge is 2.32. The Morgan fingerprint density at radius 2 is 2.04 bits per heavy atom. The van der Waals surface area contributed by atoms with Crippen molar-refractivity contribution in [2.24, 2.45) is 5.92 Å². The lowest BCUT2D eigenvalue weighted by molar-refractivity contribution is -0.134. The van der Waals surface area contributed by atoms with Crippen LogP contribution in [0.4, 0.5) is 10.2 Å². The van der Waals surface area contributed by atoms with Gasteiger partial charge >= 0.3 is 0 Å². The Morgan fingerprint density at radius 1 is 1.24 bits per heavy atom. The first-order chi connectivity index (χ1) is 12.1. The van der Waals surface area contributed by atoms with Crippen molar-refractivity contribution in [1.29, 1.82) is 0 Å². The lowest BCUT2D eigenvalue weighted by Crippen LogP contribution is -2.35. The molecule has 1 saturated carbocycles. The van der Waals surface area contributed by atoms with E-state index in [2.05, 4.69) is 26.2 Å². The minimum absolute atomic E-state index is 0.204. The van der Waals surface area contributed by atoms with Gasteiger partial charge in [-0.1, -0.05) is 12.8 Å². The van der Waals surface area contributed by atoms with Crippen molar-refractivity contribution in [2.45, 2.75) is 38.1 Å². The molecule has 1 amide bonds. The number of nitrogens with zero attached hydrogens (tertiary/aromatic N) is 2. The number of carbonyl (C=O) groups is 1. The fourth-order valence-corrected chi connectivity index (χ4v) is 4.28. The number of rotatable bonds is 3. The van der Waals surface area contributed by atoms with Crippen molar-refractivity contribution in [3.8, 4) is 0 Å². The standard InChI is InChI=1S/C19H21BrFN3O/c20-15-9-13-5-6-18(23-17(13)10-16(15)21)22-14-7-8-24(11-14)19(25)12-3-1-2-4-12/h5-6,9-10,12,14H,1-4,7-8,11H2,(H,22,23). The highest BCUT2D eigenvalue weighted by atomic mass is 79.9. The Hall–Kier alpha value is -1.69. The molecule has 0 bridgehead atoms. The van der Waals surface area contributed by atoms with Crippen LogP contribution in [0.2, 0.25) is 0 Å². The van der Waals surface area contributed by atoms with Crippen LogP contribution in [0.5, 0.6) is 0 Å². The summed E-state index contributed by atoms with van der Waals surface area (Å²) in [5, 5.41) is 4.30. The smallest absolute Gasteiger partial charge is 0.225 e. The third-order valence-corrected chi connectivity index (χ3v) is 5.90. The van der Waals surface area contributed by atoms with Crippen LogP contribution in [0.1, 0.15) is 32.1 Å². The van der Waals surface area contributed by atoms with Gasteiger partial charge in [0.1, 0.15) is 11.6 Å². The number of benzene rings is 1. The Bertz CT molecular complexity index is 807. The first-order valence-electron chi connectivity index (χ1n) is 8.91. The minimum atomic E-state index is -0.314. The summed E-state index contributed by atoms with van der Waals surface area (Å²) in [5.41, 5.74) is 0.627. The summed E-state index contributed by atoms with van der Waals surface area (Å²) in [4.78, 5) is 19.0. The fourth-order valence-electron chi connectivity index (χ4n) is 3.92. The number of carbonyl (C=O) groups excluding carboxylic acids is 1. The molecule has 25 heavy (non-hydrogen) atoms. The summed E-state index contributed by atoms with van der Waals surface area (Å²) in [6, 6.07) is 7.23. The zero-order valence-electron chi connectivity index (χ0n) is 14.0. The van der Waals surface area contributed by atoms with Gasteiger partial charge in [0.2, 0.25) is 5.91 Å². The van der Waals surface area contributed by atoms with Gasteiger partial charge < -0.3 is 10.2 Å². The number of fused-ring (bicyclic) bond motifs is 1. The minimum Gasteiger partial charge on any atom is -0.365 e. The van der Waals surface area contributed by atoms with E-state index in [4.69, 9.17) is 0 Å². The molecule has 1 unspecified atom stereocenters. The van der Waals surface area contributed by atoms with Gasteiger partial charge in [-0.2, -0.15) is 0 Å². The van der Waals surface area contributed by atoms with Gasteiger partial charge in [0.15, 0.2) is 0 Å². The lowest BCUT2D eigenvalue weighted by atomic mass is 10.1. The summed E-state index contributed by atoms with van der Waals surface area (Å²) in [6.45, 7) is 1.53. The molecule has 1 atom stereocenters. The molecule has 2 heterocycles. The van der Waals surface area contributed by atoms with E-state index in [1.165, 1.54) is 18.9 Å². The molecule has 1 aliphatic heterocycles. The Labute approximate surface area is 154 Å². The van der Waals surface area contributed by atoms with Crippen molar-refractivity contribution in [3.05, 3.63) is 34.6 Å². The number of aromatic nitrogens is 1. The van der Waals surface area contributed by atoms with Crippen molar-refractivity contribution >= 4 is 38.6 Å². The average molecular weight is 406 g/mol. The van der Waals surface area contributed by atoms with Crippen LogP contribution in [0.25, 0.3) is 10.9 Å². The third kappa shape index (κ3) is 3.50. The fraction of sp³-hybridized carbons (Fsp3) is 0.474. The predicted molar refractivity (Wildman–Crippen MR) is 100.0 cm³/mol. The van der Waals surface area contributed by atoms with Crippen molar-refractivity contribution in [2.75, 3.05) is 18.4 Å². The maximum Gasteiger partial charge on any atom is 0.225 e. The molecule has 2 aliphatic rings. The van der Waals surface area contributed by atoms with Gasteiger partial charge in [0, 0.05) is 36.5 Å². The Morgan fingerprint density at radius 3 is 2.84 bits per heavy atom. The molecule has 1 saturated heterocycles. The summed E-state index contributed by atoms with van der Waals surface area (Å²) in [5.74, 6) is 0.972. The maximum absolute atomic E-state index is 13.7. The predicted octanol–water partition coefficient (Wildman–Crippen LogP) is 4.34. The number of likely N-dealkylation sites (tertiary alicyclic amines) is 1. The largest absolute Gasteiger partial charge is 0.365 e. The normalized spacial score (nSPS) is 21.2. The van der Waals surface area contributed by atoms with Crippen LogP contribution in [-0.2, 0) is 4.79 Å². The first kappa shape index (κ1) is 16.8. The van der Waals surface area contributed by atoms with E-state index in [1.54, 1.807) is 6.07 Å².